The summed E-state index contributed by atoms with van der Waals surface area (Å²) in [6, 6.07) is 13.5. The lowest BCUT2D eigenvalue weighted by molar-refractivity contribution is 0.0722. The summed E-state index contributed by atoms with van der Waals surface area (Å²) >= 11 is 0. The predicted octanol–water partition coefficient (Wildman–Crippen LogP) is 2.17. The van der Waals surface area contributed by atoms with Gasteiger partial charge in [0.2, 0.25) is 10.0 Å². The number of methoxy groups -OCH3 is 2. The van der Waals surface area contributed by atoms with Crippen LogP contribution in [0.4, 0.5) is 0 Å². The van der Waals surface area contributed by atoms with Gasteiger partial charge in [-0.15, -0.1) is 0 Å². The summed E-state index contributed by atoms with van der Waals surface area (Å²) in [5.41, 5.74) is 0. The van der Waals surface area contributed by atoms with Gasteiger partial charge in [0.25, 0.3) is 0 Å². The van der Waals surface area contributed by atoms with E-state index in [1.807, 2.05) is 0 Å². The predicted molar refractivity (Wildman–Crippen MR) is 100.0 cm³/mol. The Morgan fingerprint density at radius 1 is 0.926 bits per heavy atom. The van der Waals surface area contributed by atoms with Gasteiger partial charge in [0, 0.05) is 6.54 Å². The van der Waals surface area contributed by atoms with Gasteiger partial charge in [-0.1, -0.05) is 0 Å². The first-order valence-corrected chi connectivity index (χ1v) is 9.99. The number of hydrogen-bond donors (Lipinski definition) is 0. The van der Waals surface area contributed by atoms with Gasteiger partial charge in [-0.3, -0.25) is 0 Å². The highest BCUT2D eigenvalue weighted by Crippen LogP contribution is 2.23. The van der Waals surface area contributed by atoms with Crippen molar-refractivity contribution in [1.29, 1.82) is 0 Å². The zero-order valence-electron chi connectivity index (χ0n) is 15.3. The maximum absolute atomic E-state index is 13.0. The molecule has 0 unspecified atom stereocenters. The number of benzene rings is 2. The van der Waals surface area contributed by atoms with E-state index in [1.54, 1.807) is 55.6 Å². The fourth-order valence-corrected chi connectivity index (χ4v) is 4.24. The molecule has 1 aliphatic heterocycles. The summed E-state index contributed by atoms with van der Waals surface area (Å²) < 4.78 is 49.0. The second kappa shape index (κ2) is 8.60. The van der Waals surface area contributed by atoms with Gasteiger partial charge in [-0.2, -0.15) is 4.31 Å². The Hall–Kier alpha value is -2.29. The maximum atomic E-state index is 13.0. The first kappa shape index (κ1) is 19.5. The molecule has 8 heteroatoms. The average molecular weight is 393 g/mol. The van der Waals surface area contributed by atoms with Crippen LogP contribution in [0.5, 0.6) is 17.2 Å². The molecule has 2 aromatic rings. The van der Waals surface area contributed by atoms with E-state index in [0.29, 0.717) is 24.7 Å². The Morgan fingerprint density at radius 2 is 1.48 bits per heavy atom. The number of ether oxygens (including phenoxy) is 4. The molecule has 7 nitrogen and oxygen atoms in total. The van der Waals surface area contributed by atoms with Crippen LogP contribution in [0.2, 0.25) is 0 Å². The van der Waals surface area contributed by atoms with Crippen LogP contribution >= 0.6 is 0 Å². The first-order valence-electron chi connectivity index (χ1n) is 8.55. The van der Waals surface area contributed by atoms with Gasteiger partial charge >= 0.3 is 0 Å². The molecule has 2 aromatic carbocycles. The van der Waals surface area contributed by atoms with Crippen molar-refractivity contribution in [2.45, 2.75) is 11.0 Å². The van der Waals surface area contributed by atoms with E-state index >= 15 is 0 Å². The van der Waals surface area contributed by atoms with Crippen LogP contribution in [0.1, 0.15) is 0 Å². The van der Waals surface area contributed by atoms with Gasteiger partial charge in [0.15, 0.2) is 0 Å². The van der Waals surface area contributed by atoms with E-state index < -0.39 is 16.1 Å². The third-order valence-corrected chi connectivity index (χ3v) is 6.13. The molecule has 0 bridgehead atoms. The van der Waals surface area contributed by atoms with Crippen LogP contribution in [0.3, 0.4) is 0 Å². The van der Waals surface area contributed by atoms with Crippen molar-refractivity contribution in [1.82, 2.24) is 4.31 Å². The largest absolute Gasteiger partial charge is 0.497 e. The van der Waals surface area contributed by atoms with Gasteiger partial charge in [-0.25, -0.2) is 8.42 Å². The summed E-state index contributed by atoms with van der Waals surface area (Å²) in [5.74, 6) is 1.96. The van der Waals surface area contributed by atoms with Crippen molar-refractivity contribution < 1.29 is 27.4 Å². The van der Waals surface area contributed by atoms with E-state index in [9.17, 15) is 8.42 Å². The van der Waals surface area contributed by atoms with Crippen molar-refractivity contribution >= 4 is 10.0 Å². The topological polar surface area (TPSA) is 74.3 Å². The van der Waals surface area contributed by atoms with Crippen LogP contribution in [0.15, 0.2) is 53.4 Å². The van der Waals surface area contributed by atoms with Crippen LogP contribution in [-0.4, -0.2) is 59.3 Å². The van der Waals surface area contributed by atoms with E-state index in [0.717, 1.165) is 5.75 Å². The first-order chi connectivity index (χ1) is 13.0. The molecule has 0 amide bonds. The van der Waals surface area contributed by atoms with Crippen molar-refractivity contribution in [3.63, 3.8) is 0 Å². The fraction of sp³-hybridized carbons (Fsp3) is 0.368. The molecule has 146 valence electrons. The molecule has 0 aliphatic carbocycles. The Kier molecular flexibility index (Phi) is 6.20. The average Bonchev–Trinajstić information content (AvgIpc) is 2.95. The second-order valence-electron chi connectivity index (χ2n) is 6.03. The van der Waals surface area contributed by atoms with Crippen LogP contribution in [0.25, 0.3) is 0 Å². The van der Waals surface area contributed by atoms with Gasteiger partial charge in [0.1, 0.15) is 23.4 Å². The third-order valence-electron chi connectivity index (χ3n) is 4.26. The standard InChI is InChI=1S/C19H23NO6S/c1-23-15-3-5-17(6-4-15)26-18-13-20(11-12-25-14-18)27(21,22)19-9-7-16(24-2)8-10-19/h3-10,18H,11-14H2,1-2H3/t18-/m1/s1. The van der Waals surface area contributed by atoms with E-state index in [1.165, 1.54) is 11.4 Å². The van der Waals surface area contributed by atoms with Gasteiger partial charge in [-0.05, 0) is 48.5 Å². The van der Waals surface area contributed by atoms with Gasteiger partial charge < -0.3 is 18.9 Å². The quantitative estimate of drug-likeness (QED) is 0.749. The van der Waals surface area contributed by atoms with Crippen LogP contribution < -0.4 is 14.2 Å². The monoisotopic (exact) mass is 393 g/mol. The van der Waals surface area contributed by atoms with Crippen LogP contribution in [-0.2, 0) is 14.8 Å². The van der Waals surface area contributed by atoms with Crippen molar-refractivity contribution in [2.75, 3.05) is 40.5 Å². The summed E-state index contributed by atoms with van der Waals surface area (Å²) in [6.45, 7) is 1.12. The highest BCUT2D eigenvalue weighted by molar-refractivity contribution is 7.89. The minimum atomic E-state index is -3.65. The van der Waals surface area contributed by atoms with Gasteiger partial charge in [0.05, 0.1) is 38.9 Å². The molecule has 1 atom stereocenters. The lowest BCUT2D eigenvalue weighted by Crippen LogP contribution is -2.39. The molecule has 1 heterocycles. The number of sulfonamides is 1. The Labute approximate surface area is 159 Å². The van der Waals surface area contributed by atoms with E-state index in [2.05, 4.69) is 0 Å². The Morgan fingerprint density at radius 3 is 2.07 bits per heavy atom. The van der Waals surface area contributed by atoms with E-state index in [-0.39, 0.29) is 18.0 Å². The molecule has 0 radical (unpaired) electrons. The fourth-order valence-electron chi connectivity index (χ4n) is 2.79. The summed E-state index contributed by atoms with van der Waals surface area (Å²) in [7, 11) is -0.516. The molecule has 0 N–H and O–H groups in total. The molecule has 27 heavy (non-hydrogen) atoms. The van der Waals surface area contributed by atoms with Crippen molar-refractivity contribution in [3.05, 3.63) is 48.5 Å². The molecule has 0 saturated carbocycles. The normalized spacial score (nSPS) is 18.5. The minimum absolute atomic E-state index is 0.209. The van der Waals surface area contributed by atoms with Crippen LogP contribution in [0, 0.1) is 0 Å². The highest BCUT2D eigenvalue weighted by atomic mass is 32.2. The highest BCUT2D eigenvalue weighted by Gasteiger charge is 2.30. The molecular weight excluding hydrogens is 370 g/mol. The SMILES string of the molecule is COc1ccc(O[C@H]2COCCN(S(=O)(=O)c3ccc(OC)cc3)C2)cc1. The second-order valence-corrected chi connectivity index (χ2v) is 7.97. The Balaban J connectivity index is 1.74. The zero-order valence-corrected chi connectivity index (χ0v) is 16.1. The zero-order chi connectivity index (χ0) is 19.3. The number of nitrogens with zero attached hydrogens (tertiary/aromatic N) is 1. The number of hydrogen-bond acceptors (Lipinski definition) is 6. The molecule has 0 spiro atoms. The number of rotatable bonds is 6. The maximum Gasteiger partial charge on any atom is 0.243 e. The summed E-state index contributed by atoms with van der Waals surface area (Å²) in [4.78, 5) is 0.216. The van der Waals surface area contributed by atoms with Crippen molar-refractivity contribution in [2.24, 2.45) is 0 Å². The smallest absolute Gasteiger partial charge is 0.243 e. The molecule has 1 aliphatic rings. The summed E-state index contributed by atoms with van der Waals surface area (Å²) in [5, 5.41) is 0. The molecule has 1 fully saturated rings. The Bertz CT molecular complexity index is 836. The molecular formula is C19H23NO6S. The summed E-state index contributed by atoms with van der Waals surface area (Å²) in [6.07, 6.45) is -0.408. The molecule has 1 saturated heterocycles. The lowest BCUT2D eigenvalue weighted by atomic mass is 10.3. The van der Waals surface area contributed by atoms with E-state index in [4.69, 9.17) is 18.9 Å². The lowest BCUT2D eigenvalue weighted by Gasteiger charge is -2.24. The molecule has 3 rings (SSSR count). The minimum Gasteiger partial charge on any atom is -0.497 e. The molecule has 0 aromatic heterocycles. The van der Waals surface area contributed by atoms with Crippen molar-refractivity contribution in [3.8, 4) is 17.2 Å². The third kappa shape index (κ3) is 4.71.